The van der Waals surface area contributed by atoms with Gasteiger partial charge < -0.3 is 0 Å². The Bertz CT molecular complexity index is 363. The Balaban J connectivity index is 3.32. The maximum absolute atomic E-state index is 12.9. The zero-order valence-corrected chi connectivity index (χ0v) is 9.39. The van der Waals surface area contributed by atoms with E-state index in [4.69, 9.17) is 0 Å². The molecule has 62 valence electrons. The number of rotatable bonds is 1. The van der Waals surface area contributed by atoms with Crippen molar-refractivity contribution in [3.8, 4) is 0 Å². The van der Waals surface area contributed by atoms with Gasteiger partial charge in [-0.2, -0.15) is 4.99 Å². The average molecular weight is 342 g/mol. The summed E-state index contributed by atoms with van der Waals surface area (Å²) in [6.07, 6.45) is 1.35. The lowest BCUT2D eigenvalue weighted by Crippen LogP contribution is -1.81. The van der Waals surface area contributed by atoms with Crippen molar-refractivity contribution in [1.82, 2.24) is 0 Å². The fraction of sp³-hybridized carbons (Fsp3) is 0. The molecule has 1 rings (SSSR count). The summed E-state index contributed by atoms with van der Waals surface area (Å²) in [5.41, 5.74) is 0.253. The first kappa shape index (κ1) is 9.83. The Kier molecular flexibility index (Phi) is 3.37. The second kappa shape index (κ2) is 4.11. The SMILES string of the molecule is O=C=Nc1cc(F)c(I)cc1Br. The van der Waals surface area contributed by atoms with Crippen molar-refractivity contribution in [3.05, 3.63) is 26.0 Å². The van der Waals surface area contributed by atoms with Crippen LogP contribution in [0.3, 0.4) is 0 Å². The van der Waals surface area contributed by atoms with Gasteiger partial charge in [0.15, 0.2) is 0 Å². The van der Waals surface area contributed by atoms with E-state index in [2.05, 4.69) is 20.9 Å². The van der Waals surface area contributed by atoms with Gasteiger partial charge in [-0.3, -0.25) is 0 Å². The fourth-order valence-electron chi connectivity index (χ4n) is 0.647. The van der Waals surface area contributed by atoms with Gasteiger partial charge in [0.1, 0.15) is 5.82 Å². The molecule has 0 amide bonds. The predicted molar refractivity (Wildman–Crippen MR) is 54.6 cm³/mol. The molecule has 0 aromatic heterocycles. The van der Waals surface area contributed by atoms with Gasteiger partial charge in [0.25, 0.3) is 0 Å². The zero-order chi connectivity index (χ0) is 9.14. The molecule has 1 aromatic carbocycles. The standard InChI is InChI=1S/C7H2BrFINO/c8-4-1-6(10)5(9)2-7(4)11-3-12/h1-2H. The van der Waals surface area contributed by atoms with Crippen LogP contribution in [-0.2, 0) is 4.79 Å². The Hall–Kier alpha value is -0.260. The summed E-state index contributed by atoms with van der Waals surface area (Å²) in [4.78, 5) is 13.2. The molecule has 0 aliphatic carbocycles. The highest BCUT2D eigenvalue weighted by molar-refractivity contribution is 14.1. The van der Waals surface area contributed by atoms with E-state index in [0.717, 1.165) is 0 Å². The molecule has 5 heteroatoms. The van der Waals surface area contributed by atoms with Gasteiger partial charge in [-0.15, -0.1) is 0 Å². The van der Waals surface area contributed by atoms with E-state index in [1.54, 1.807) is 6.07 Å². The summed E-state index contributed by atoms with van der Waals surface area (Å²) >= 11 is 4.99. The van der Waals surface area contributed by atoms with E-state index >= 15 is 0 Å². The molecule has 0 saturated carbocycles. The Morgan fingerprint density at radius 2 is 2.25 bits per heavy atom. The molecule has 0 N–H and O–H groups in total. The van der Waals surface area contributed by atoms with Crippen LogP contribution in [0.1, 0.15) is 0 Å². The highest BCUT2D eigenvalue weighted by Crippen LogP contribution is 2.28. The van der Waals surface area contributed by atoms with Gasteiger partial charge in [0, 0.05) is 10.5 Å². The van der Waals surface area contributed by atoms with E-state index < -0.39 is 5.82 Å². The number of carbonyl (C=O) groups excluding carboxylic acids is 1. The molecular weight excluding hydrogens is 340 g/mol. The molecule has 2 nitrogen and oxygen atoms in total. The second-order valence-electron chi connectivity index (χ2n) is 1.92. The van der Waals surface area contributed by atoms with Crippen LogP contribution in [0.25, 0.3) is 0 Å². The van der Waals surface area contributed by atoms with Crippen molar-refractivity contribution in [2.75, 3.05) is 0 Å². The summed E-state index contributed by atoms with van der Waals surface area (Å²) in [6, 6.07) is 2.73. The number of aliphatic imine (C=N–C) groups is 1. The summed E-state index contributed by atoms with van der Waals surface area (Å²) in [5.74, 6) is -0.396. The quantitative estimate of drug-likeness (QED) is 0.334. The van der Waals surface area contributed by atoms with E-state index in [0.29, 0.717) is 8.04 Å². The Morgan fingerprint density at radius 3 is 2.83 bits per heavy atom. The maximum Gasteiger partial charge on any atom is 0.240 e. The number of hydrogen-bond acceptors (Lipinski definition) is 2. The van der Waals surface area contributed by atoms with Crippen LogP contribution in [0.15, 0.2) is 21.6 Å². The molecular formula is C7H2BrFINO. The van der Waals surface area contributed by atoms with Crippen LogP contribution < -0.4 is 0 Å². The van der Waals surface area contributed by atoms with E-state index in [-0.39, 0.29) is 5.69 Å². The van der Waals surface area contributed by atoms with Crippen LogP contribution in [0.2, 0.25) is 0 Å². The molecule has 0 saturated heterocycles. The summed E-state index contributed by atoms with van der Waals surface area (Å²) in [7, 11) is 0. The lowest BCUT2D eigenvalue weighted by molar-refractivity contribution is 0.565. The maximum atomic E-state index is 12.9. The van der Waals surface area contributed by atoms with Crippen LogP contribution in [0.4, 0.5) is 10.1 Å². The molecule has 0 bridgehead atoms. The van der Waals surface area contributed by atoms with E-state index in [9.17, 15) is 9.18 Å². The van der Waals surface area contributed by atoms with Gasteiger partial charge in [-0.05, 0) is 44.6 Å². The minimum Gasteiger partial charge on any atom is -0.211 e. The average Bonchev–Trinajstić information content (AvgIpc) is 2.01. The molecule has 12 heavy (non-hydrogen) atoms. The van der Waals surface area contributed by atoms with Crippen molar-refractivity contribution < 1.29 is 9.18 Å². The molecule has 0 aliphatic heterocycles. The zero-order valence-electron chi connectivity index (χ0n) is 5.64. The lowest BCUT2D eigenvalue weighted by atomic mass is 10.3. The first-order chi connectivity index (χ1) is 5.65. The minimum absolute atomic E-state index is 0.253. The van der Waals surface area contributed by atoms with E-state index in [1.807, 2.05) is 22.6 Å². The fourth-order valence-corrected chi connectivity index (χ4v) is 1.97. The number of nitrogens with zero attached hydrogens (tertiary/aromatic N) is 1. The van der Waals surface area contributed by atoms with Gasteiger partial charge in [-0.1, -0.05) is 0 Å². The number of halogens is 3. The largest absolute Gasteiger partial charge is 0.240 e. The molecule has 0 spiro atoms. The molecule has 0 fully saturated rings. The number of hydrogen-bond donors (Lipinski definition) is 0. The highest BCUT2D eigenvalue weighted by Gasteiger charge is 2.04. The van der Waals surface area contributed by atoms with Crippen LogP contribution in [-0.4, -0.2) is 6.08 Å². The normalized spacial score (nSPS) is 9.25. The number of isocyanates is 1. The molecule has 0 atom stereocenters. The summed E-state index contributed by atoms with van der Waals surface area (Å²) in [6.45, 7) is 0. The second-order valence-corrected chi connectivity index (χ2v) is 3.94. The van der Waals surface area contributed by atoms with Gasteiger partial charge in [0.05, 0.1) is 9.26 Å². The highest BCUT2D eigenvalue weighted by atomic mass is 127. The van der Waals surface area contributed by atoms with Gasteiger partial charge in [0.2, 0.25) is 6.08 Å². The Labute approximate surface area is 90.1 Å². The van der Waals surface area contributed by atoms with Gasteiger partial charge >= 0.3 is 0 Å². The monoisotopic (exact) mass is 341 g/mol. The molecule has 0 heterocycles. The first-order valence-corrected chi connectivity index (χ1v) is 4.74. The van der Waals surface area contributed by atoms with Crippen molar-refractivity contribution in [2.24, 2.45) is 4.99 Å². The van der Waals surface area contributed by atoms with Crippen LogP contribution >= 0.6 is 38.5 Å². The Morgan fingerprint density at radius 1 is 1.58 bits per heavy atom. The van der Waals surface area contributed by atoms with Crippen molar-refractivity contribution in [3.63, 3.8) is 0 Å². The summed E-state index contributed by atoms with van der Waals surface area (Å²) in [5, 5.41) is 0. The van der Waals surface area contributed by atoms with E-state index in [1.165, 1.54) is 12.1 Å². The molecule has 0 unspecified atom stereocenters. The molecule has 0 radical (unpaired) electrons. The lowest BCUT2D eigenvalue weighted by Gasteiger charge is -1.98. The molecule has 0 aliphatic rings. The molecule has 1 aromatic rings. The first-order valence-electron chi connectivity index (χ1n) is 2.87. The van der Waals surface area contributed by atoms with Crippen LogP contribution in [0, 0.1) is 9.39 Å². The predicted octanol–water partition coefficient (Wildman–Crippen LogP) is 3.16. The topological polar surface area (TPSA) is 29.4 Å². The van der Waals surface area contributed by atoms with Crippen molar-refractivity contribution in [2.45, 2.75) is 0 Å². The third kappa shape index (κ3) is 2.12. The third-order valence-corrected chi connectivity index (χ3v) is 2.62. The van der Waals surface area contributed by atoms with Crippen LogP contribution in [0.5, 0.6) is 0 Å². The van der Waals surface area contributed by atoms with Crippen molar-refractivity contribution in [1.29, 1.82) is 0 Å². The third-order valence-electron chi connectivity index (χ3n) is 1.16. The van der Waals surface area contributed by atoms with Gasteiger partial charge in [-0.25, -0.2) is 9.18 Å². The summed E-state index contributed by atoms with van der Waals surface area (Å²) < 4.78 is 13.9. The number of benzene rings is 1. The van der Waals surface area contributed by atoms with Crippen molar-refractivity contribution >= 4 is 50.3 Å². The minimum atomic E-state index is -0.396. The smallest absolute Gasteiger partial charge is 0.211 e.